The van der Waals surface area contributed by atoms with Crippen LogP contribution >= 0.6 is 0 Å². The van der Waals surface area contributed by atoms with Crippen molar-refractivity contribution >= 4 is 22.6 Å². The van der Waals surface area contributed by atoms with E-state index in [9.17, 15) is 4.79 Å². The molecule has 2 aliphatic rings. The van der Waals surface area contributed by atoms with Crippen molar-refractivity contribution in [2.75, 3.05) is 31.6 Å². The molecule has 3 N–H and O–H groups in total. The SMILES string of the molecule is Cc1oc2c(c1C(=O)Nc1c[nH]nc1-c1nc3cc(CN4CCOCC4)ccc3[nH]1)CCCC2. The largest absolute Gasteiger partial charge is 0.465 e. The second-order valence-electron chi connectivity index (χ2n) is 9.07. The Morgan fingerprint density at radius 3 is 2.94 bits per heavy atom. The van der Waals surface area contributed by atoms with Gasteiger partial charge in [0.25, 0.3) is 5.91 Å². The van der Waals surface area contributed by atoms with Gasteiger partial charge in [0.2, 0.25) is 0 Å². The van der Waals surface area contributed by atoms with Gasteiger partial charge in [-0.15, -0.1) is 0 Å². The highest BCUT2D eigenvalue weighted by molar-refractivity contribution is 6.07. The van der Waals surface area contributed by atoms with E-state index in [1.54, 1.807) is 6.20 Å². The van der Waals surface area contributed by atoms with E-state index >= 15 is 0 Å². The third kappa shape index (κ3) is 3.91. The van der Waals surface area contributed by atoms with Crippen molar-refractivity contribution in [3.8, 4) is 11.5 Å². The number of ether oxygens (including phenoxy) is 1. The van der Waals surface area contributed by atoms with Crippen LogP contribution in [-0.2, 0) is 24.1 Å². The summed E-state index contributed by atoms with van der Waals surface area (Å²) in [6, 6.07) is 6.28. The summed E-state index contributed by atoms with van der Waals surface area (Å²) in [7, 11) is 0. The van der Waals surface area contributed by atoms with Gasteiger partial charge in [0.05, 0.1) is 35.5 Å². The van der Waals surface area contributed by atoms with E-state index in [0.717, 1.165) is 80.9 Å². The van der Waals surface area contributed by atoms with E-state index in [1.807, 2.05) is 13.0 Å². The number of benzene rings is 1. The maximum absolute atomic E-state index is 13.2. The smallest absolute Gasteiger partial charge is 0.259 e. The van der Waals surface area contributed by atoms with Gasteiger partial charge < -0.3 is 19.5 Å². The Balaban J connectivity index is 1.24. The summed E-state index contributed by atoms with van der Waals surface area (Å²) < 4.78 is 11.3. The molecule has 1 aliphatic heterocycles. The molecule has 1 aliphatic carbocycles. The minimum atomic E-state index is -0.170. The van der Waals surface area contributed by atoms with Gasteiger partial charge in [-0.3, -0.25) is 14.8 Å². The molecule has 4 heterocycles. The quantitative estimate of drug-likeness (QED) is 0.417. The van der Waals surface area contributed by atoms with Gasteiger partial charge in [-0.1, -0.05) is 6.07 Å². The molecule has 1 fully saturated rings. The van der Waals surface area contributed by atoms with Crippen molar-refractivity contribution in [3.63, 3.8) is 0 Å². The molecule has 1 amide bonds. The van der Waals surface area contributed by atoms with Crippen LogP contribution in [-0.4, -0.2) is 57.3 Å². The van der Waals surface area contributed by atoms with Crippen LogP contribution in [0, 0.1) is 6.92 Å². The number of carbonyl (C=O) groups is 1. The zero-order valence-corrected chi connectivity index (χ0v) is 19.2. The minimum Gasteiger partial charge on any atom is -0.465 e. The lowest BCUT2D eigenvalue weighted by Gasteiger charge is -2.26. The zero-order chi connectivity index (χ0) is 23.1. The Morgan fingerprint density at radius 2 is 2.06 bits per heavy atom. The van der Waals surface area contributed by atoms with Crippen LogP contribution in [0.25, 0.3) is 22.6 Å². The molecule has 4 aromatic rings. The highest BCUT2D eigenvalue weighted by Gasteiger charge is 2.26. The number of nitrogens with zero attached hydrogens (tertiary/aromatic N) is 3. The maximum atomic E-state index is 13.2. The number of aromatic nitrogens is 4. The summed E-state index contributed by atoms with van der Waals surface area (Å²) in [6.07, 6.45) is 5.64. The van der Waals surface area contributed by atoms with Crippen LogP contribution in [0.4, 0.5) is 5.69 Å². The standard InChI is InChI=1S/C25H28N6O3/c1-15-22(17-4-2-3-5-21(17)34-15)25(32)29-20-13-26-30-23(20)24-27-18-7-6-16(12-19(18)28-24)14-31-8-10-33-11-9-31/h6-7,12-13H,2-5,8-11,14H2,1H3,(H,26,30)(H,27,28)(H,29,32). The molecule has 0 spiro atoms. The van der Waals surface area contributed by atoms with Crippen LogP contribution in [0.3, 0.4) is 0 Å². The summed E-state index contributed by atoms with van der Waals surface area (Å²) >= 11 is 0. The van der Waals surface area contributed by atoms with Gasteiger partial charge >= 0.3 is 0 Å². The van der Waals surface area contributed by atoms with Crippen molar-refractivity contribution in [2.45, 2.75) is 39.2 Å². The predicted octanol–water partition coefficient (Wildman–Crippen LogP) is 3.82. The van der Waals surface area contributed by atoms with Crippen molar-refractivity contribution < 1.29 is 13.9 Å². The van der Waals surface area contributed by atoms with E-state index in [-0.39, 0.29) is 5.91 Å². The first kappa shape index (κ1) is 21.1. The van der Waals surface area contributed by atoms with Gasteiger partial charge in [0.15, 0.2) is 11.5 Å². The fraction of sp³-hybridized carbons (Fsp3) is 0.400. The Hall–Kier alpha value is -3.43. The Labute approximate surface area is 196 Å². The molecule has 9 nitrogen and oxygen atoms in total. The molecule has 34 heavy (non-hydrogen) atoms. The number of aromatic amines is 2. The van der Waals surface area contributed by atoms with Crippen LogP contribution in [0.15, 0.2) is 28.8 Å². The van der Waals surface area contributed by atoms with E-state index in [4.69, 9.17) is 14.1 Å². The molecule has 3 aromatic heterocycles. The summed E-state index contributed by atoms with van der Waals surface area (Å²) in [6.45, 7) is 6.18. The molecular formula is C25H28N6O3. The lowest BCUT2D eigenvalue weighted by molar-refractivity contribution is 0.0342. The molecule has 0 radical (unpaired) electrons. The minimum absolute atomic E-state index is 0.170. The number of fused-ring (bicyclic) bond motifs is 2. The lowest BCUT2D eigenvalue weighted by Crippen LogP contribution is -2.35. The fourth-order valence-electron chi connectivity index (χ4n) is 5.03. The number of hydrogen-bond donors (Lipinski definition) is 3. The van der Waals surface area contributed by atoms with Gasteiger partial charge in [-0.05, 0) is 43.9 Å². The summed E-state index contributed by atoms with van der Waals surface area (Å²) in [5.41, 5.74) is 5.88. The van der Waals surface area contributed by atoms with Gasteiger partial charge in [0, 0.05) is 37.8 Å². The molecule has 1 saturated heterocycles. The molecule has 0 bridgehead atoms. The number of anilines is 1. The maximum Gasteiger partial charge on any atom is 0.259 e. The number of morpholine rings is 1. The zero-order valence-electron chi connectivity index (χ0n) is 19.2. The molecule has 6 rings (SSSR count). The van der Waals surface area contributed by atoms with Gasteiger partial charge in [-0.2, -0.15) is 5.10 Å². The topological polar surface area (TPSA) is 112 Å². The second kappa shape index (κ2) is 8.73. The second-order valence-corrected chi connectivity index (χ2v) is 9.07. The highest BCUT2D eigenvalue weighted by Crippen LogP contribution is 2.31. The predicted molar refractivity (Wildman–Crippen MR) is 128 cm³/mol. The number of rotatable bonds is 5. The molecule has 176 valence electrons. The molecule has 0 saturated carbocycles. The van der Waals surface area contributed by atoms with Crippen LogP contribution in [0.2, 0.25) is 0 Å². The van der Waals surface area contributed by atoms with Crippen molar-refractivity contribution in [2.24, 2.45) is 0 Å². The van der Waals surface area contributed by atoms with Crippen LogP contribution < -0.4 is 5.32 Å². The molecular weight excluding hydrogens is 432 g/mol. The van der Waals surface area contributed by atoms with Crippen LogP contribution in [0.1, 0.15) is 45.8 Å². The van der Waals surface area contributed by atoms with E-state index in [2.05, 4.69) is 37.5 Å². The number of amides is 1. The lowest BCUT2D eigenvalue weighted by atomic mass is 9.94. The van der Waals surface area contributed by atoms with Crippen LogP contribution in [0.5, 0.6) is 0 Å². The van der Waals surface area contributed by atoms with Crippen molar-refractivity contribution in [1.29, 1.82) is 0 Å². The first-order valence-electron chi connectivity index (χ1n) is 11.9. The first-order valence-corrected chi connectivity index (χ1v) is 11.9. The fourth-order valence-corrected chi connectivity index (χ4v) is 5.03. The van der Waals surface area contributed by atoms with E-state index < -0.39 is 0 Å². The number of hydrogen-bond acceptors (Lipinski definition) is 6. The summed E-state index contributed by atoms with van der Waals surface area (Å²) in [5, 5.41) is 10.3. The highest BCUT2D eigenvalue weighted by atomic mass is 16.5. The monoisotopic (exact) mass is 460 g/mol. The average Bonchev–Trinajstić information content (AvgIpc) is 3.55. The normalized spacial score (nSPS) is 16.6. The number of H-pyrrole nitrogens is 2. The van der Waals surface area contributed by atoms with E-state index in [1.165, 1.54) is 5.56 Å². The number of nitrogens with one attached hydrogen (secondary N) is 3. The van der Waals surface area contributed by atoms with Gasteiger partial charge in [-0.25, -0.2) is 4.98 Å². The summed E-state index contributed by atoms with van der Waals surface area (Å²) in [4.78, 5) is 23.7. The Kier molecular flexibility index (Phi) is 5.43. The number of imidazole rings is 1. The molecule has 1 aromatic carbocycles. The third-order valence-corrected chi connectivity index (χ3v) is 6.74. The van der Waals surface area contributed by atoms with Gasteiger partial charge in [0.1, 0.15) is 11.5 Å². The number of aryl methyl sites for hydroxylation is 2. The molecule has 0 unspecified atom stereocenters. The summed E-state index contributed by atoms with van der Waals surface area (Å²) in [5.74, 6) is 2.06. The van der Waals surface area contributed by atoms with E-state index in [0.29, 0.717) is 28.5 Å². The molecule has 0 atom stereocenters. The Morgan fingerprint density at radius 1 is 1.21 bits per heavy atom. The number of furan rings is 1. The third-order valence-electron chi connectivity index (χ3n) is 6.74. The Bertz CT molecular complexity index is 1340. The molecule has 9 heteroatoms. The number of carbonyl (C=O) groups excluding carboxylic acids is 1. The first-order chi connectivity index (χ1) is 16.7. The van der Waals surface area contributed by atoms with Crippen molar-refractivity contribution in [3.05, 3.63) is 52.6 Å². The van der Waals surface area contributed by atoms with Crippen molar-refractivity contribution in [1.82, 2.24) is 25.1 Å². The average molecular weight is 461 g/mol.